The number of benzene rings is 1. The number of rotatable bonds is 4. The van der Waals surface area contributed by atoms with E-state index < -0.39 is 5.97 Å². The predicted octanol–water partition coefficient (Wildman–Crippen LogP) is 1.72. The molecule has 21 heavy (non-hydrogen) atoms. The molecule has 2 aromatic heterocycles. The lowest BCUT2D eigenvalue weighted by Crippen LogP contribution is -2.06. The SMILES string of the molecule is COc1ccc(COC(=O)c2cccc3n[nH]nc23)cn1. The number of esters is 1. The number of fused-ring (bicyclic) bond motifs is 1. The largest absolute Gasteiger partial charge is 0.481 e. The van der Waals surface area contributed by atoms with Crippen molar-refractivity contribution in [3.63, 3.8) is 0 Å². The molecule has 7 nitrogen and oxygen atoms in total. The molecule has 0 saturated heterocycles. The van der Waals surface area contributed by atoms with Gasteiger partial charge in [0.05, 0.1) is 12.7 Å². The molecule has 0 unspecified atom stereocenters. The molecule has 1 N–H and O–H groups in total. The van der Waals surface area contributed by atoms with Crippen LogP contribution >= 0.6 is 0 Å². The second-order valence-corrected chi connectivity index (χ2v) is 4.28. The Hall–Kier alpha value is -2.96. The number of para-hydroxylation sites is 1. The molecule has 2 heterocycles. The highest BCUT2D eigenvalue weighted by Crippen LogP contribution is 2.15. The summed E-state index contributed by atoms with van der Waals surface area (Å²) in [6.45, 7) is 0.129. The van der Waals surface area contributed by atoms with E-state index in [1.165, 1.54) is 0 Å². The number of H-pyrrole nitrogens is 1. The van der Waals surface area contributed by atoms with Gasteiger partial charge in [-0.05, 0) is 18.2 Å². The van der Waals surface area contributed by atoms with Crippen molar-refractivity contribution in [1.29, 1.82) is 0 Å². The molecule has 0 spiro atoms. The molecule has 0 fully saturated rings. The first-order chi connectivity index (χ1) is 10.3. The molecular weight excluding hydrogens is 272 g/mol. The van der Waals surface area contributed by atoms with Gasteiger partial charge in [0.2, 0.25) is 5.88 Å². The highest BCUT2D eigenvalue weighted by atomic mass is 16.5. The summed E-state index contributed by atoms with van der Waals surface area (Å²) in [4.78, 5) is 16.2. The number of ether oxygens (including phenoxy) is 2. The third kappa shape index (κ3) is 2.66. The first kappa shape index (κ1) is 13.0. The number of hydrogen-bond acceptors (Lipinski definition) is 6. The van der Waals surface area contributed by atoms with Crippen LogP contribution in [0.3, 0.4) is 0 Å². The van der Waals surface area contributed by atoms with Gasteiger partial charge in [-0.25, -0.2) is 9.78 Å². The number of methoxy groups -OCH3 is 1. The predicted molar refractivity (Wildman–Crippen MR) is 73.8 cm³/mol. The highest BCUT2D eigenvalue weighted by Gasteiger charge is 2.14. The number of aromatic nitrogens is 4. The lowest BCUT2D eigenvalue weighted by molar-refractivity contribution is 0.0474. The van der Waals surface area contributed by atoms with Crippen LogP contribution in [-0.2, 0) is 11.3 Å². The van der Waals surface area contributed by atoms with Gasteiger partial charge in [-0.1, -0.05) is 6.07 Å². The summed E-state index contributed by atoms with van der Waals surface area (Å²) in [6, 6.07) is 8.65. The molecule has 0 aliphatic heterocycles. The van der Waals surface area contributed by atoms with Gasteiger partial charge in [0.15, 0.2) is 0 Å². The van der Waals surface area contributed by atoms with Gasteiger partial charge < -0.3 is 9.47 Å². The van der Waals surface area contributed by atoms with Gasteiger partial charge in [0, 0.05) is 17.8 Å². The molecule has 0 aliphatic rings. The Balaban J connectivity index is 1.72. The van der Waals surface area contributed by atoms with E-state index in [9.17, 15) is 4.79 Å². The van der Waals surface area contributed by atoms with E-state index in [2.05, 4.69) is 20.4 Å². The third-order valence-electron chi connectivity index (χ3n) is 2.94. The number of carbonyl (C=O) groups excluding carboxylic acids is 1. The van der Waals surface area contributed by atoms with Crippen molar-refractivity contribution in [2.45, 2.75) is 6.61 Å². The lowest BCUT2D eigenvalue weighted by atomic mass is 10.2. The van der Waals surface area contributed by atoms with Gasteiger partial charge in [0.1, 0.15) is 17.6 Å². The van der Waals surface area contributed by atoms with Crippen molar-refractivity contribution in [2.75, 3.05) is 7.11 Å². The quantitative estimate of drug-likeness (QED) is 0.734. The number of nitrogens with one attached hydrogen (secondary N) is 1. The minimum absolute atomic E-state index is 0.129. The maximum absolute atomic E-state index is 12.1. The standard InChI is InChI=1S/C14H12N4O3/c1-20-12-6-5-9(7-15-12)8-21-14(19)10-3-2-4-11-13(10)17-18-16-11/h2-7H,8H2,1H3,(H,16,17,18). The number of nitrogens with zero attached hydrogens (tertiary/aromatic N) is 3. The molecule has 106 valence electrons. The lowest BCUT2D eigenvalue weighted by Gasteiger charge is -2.05. The summed E-state index contributed by atoms with van der Waals surface area (Å²) in [6.07, 6.45) is 1.60. The molecule has 0 atom stereocenters. The molecule has 1 aromatic carbocycles. The van der Waals surface area contributed by atoms with Crippen molar-refractivity contribution in [3.05, 3.63) is 47.7 Å². The first-order valence-electron chi connectivity index (χ1n) is 6.23. The molecule has 3 aromatic rings. The third-order valence-corrected chi connectivity index (χ3v) is 2.94. The number of hydrogen-bond donors (Lipinski definition) is 1. The Kier molecular flexibility index (Phi) is 3.46. The van der Waals surface area contributed by atoms with E-state index in [0.29, 0.717) is 22.5 Å². The van der Waals surface area contributed by atoms with Crippen molar-refractivity contribution < 1.29 is 14.3 Å². The van der Waals surface area contributed by atoms with Crippen LogP contribution in [0.4, 0.5) is 0 Å². The maximum Gasteiger partial charge on any atom is 0.340 e. The Labute approximate surface area is 119 Å². The summed E-state index contributed by atoms with van der Waals surface area (Å²) >= 11 is 0. The van der Waals surface area contributed by atoms with Gasteiger partial charge in [-0.3, -0.25) is 0 Å². The monoisotopic (exact) mass is 284 g/mol. The zero-order valence-corrected chi connectivity index (χ0v) is 11.2. The Morgan fingerprint density at radius 1 is 1.24 bits per heavy atom. The average molecular weight is 284 g/mol. The molecule has 0 aliphatic carbocycles. The number of aromatic amines is 1. The molecule has 0 radical (unpaired) electrons. The van der Waals surface area contributed by atoms with Crippen molar-refractivity contribution in [2.24, 2.45) is 0 Å². The zero-order chi connectivity index (χ0) is 14.7. The van der Waals surface area contributed by atoms with Crippen LogP contribution in [0.15, 0.2) is 36.5 Å². The van der Waals surface area contributed by atoms with E-state index >= 15 is 0 Å². The zero-order valence-electron chi connectivity index (χ0n) is 11.2. The Morgan fingerprint density at radius 2 is 2.14 bits per heavy atom. The fourth-order valence-corrected chi connectivity index (χ4v) is 1.88. The molecular formula is C14H12N4O3. The van der Waals surface area contributed by atoms with Gasteiger partial charge >= 0.3 is 5.97 Å². The van der Waals surface area contributed by atoms with Crippen LogP contribution in [0, 0.1) is 0 Å². The van der Waals surface area contributed by atoms with Crippen molar-refractivity contribution >= 4 is 17.0 Å². The first-order valence-corrected chi connectivity index (χ1v) is 6.23. The molecule has 0 saturated carbocycles. The summed E-state index contributed by atoms with van der Waals surface area (Å²) < 4.78 is 10.2. The topological polar surface area (TPSA) is 90.0 Å². The van der Waals surface area contributed by atoms with Crippen molar-refractivity contribution in [3.8, 4) is 5.88 Å². The molecule has 3 rings (SSSR count). The summed E-state index contributed by atoms with van der Waals surface area (Å²) in [5.74, 6) is 0.0581. The van der Waals surface area contributed by atoms with E-state index in [0.717, 1.165) is 5.56 Å². The minimum atomic E-state index is -0.453. The van der Waals surface area contributed by atoms with Gasteiger partial charge in [0.25, 0.3) is 0 Å². The van der Waals surface area contributed by atoms with Crippen LogP contribution in [0.2, 0.25) is 0 Å². The average Bonchev–Trinajstić information content (AvgIpc) is 3.01. The smallest absolute Gasteiger partial charge is 0.340 e. The molecule has 0 amide bonds. The van der Waals surface area contributed by atoms with Crippen LogP contribution in [0.25, 0.3) is 11.0 Å². The summed E-state index contributed by atoms with van der Waals surface area (Å²) in [5.41, 5.74) is 2.27. The van der Waals surface area contributed by atoms with Crippen LogP contribution in [0.1, 0.15) is 15.9 Å². The second-order valence-electron chi connectivity index (χ2n) is 4.28. The van der Waals surface area contributed by atoms with Crippen molar-refractivity contribution in [1.82, 2.24) is 20.4 Å². The fraction of sp³-hybridized carbons (Fsp3) is 0.143. The van der Waals surface area contributed by atoms with E-state index in [4.69, 9.17) is 9.47 Å². The van der Waals surface area contributed by atoms with E-state index in [-0.39, 0.29) is 6.61 Å². The highest BCUT2D eigenvalue weighted by molar-refractivity contribution is 6.01. The normalized spacial score (nSPS) is 10.5. The van der Waals surface area contributed by atoms with Gasteiger partial charge in [-0.2, -0.15) is 15.4 Å². The van der Waals surface area contributed by atoms with E-state index in [1.54, 1.807) is 43.6 Å². The molecule has 7 heteroatoms. The second kappa shape index (κ2) is 5.58. The maximum atomic E-state index is 12.1. The summed E-state index contributed by atoms with van der Waals surface area (Å²) in [5, 5.41) is 10.4. The molecule has 0 bridgehead atoms. The Morgan fingerprint density at radius 3 is 2.90 bits per heavy atom. The van der Waals surface area contributed by atoms with Crippen LogP contribution in [-0.4, -0.2) is 33.5 Å². The van der Waals surface area contributed by atoms with Gasteiger partial charge in [-0.15, -0.1) is 0 Å². The van der Waals surface area contributed by atoms with E-state index in [1.807, 2.05) is 0 Å². The minimum Gasteiger partial charge on any atom is -0.481 e. The van der Waals surface area contributed by atoms with Crippen LogP contribution in [0.5, 0.6) is 5.88 Å². The van der Waals surface area contributed by atoms with Crippen LogP contribution < -0.4 is 4.74 Å². The fourth-order valence-electron chi connectivity index (χ4n) is 1.88. The number of pyridine rings is 1. The number of carbonyl (C=O) groups is 1. The Bertz CT molecular complexity index is 767. The summed E-state index contributed by atoms with van der Waals surface area (Å²) in [7, 11) is 1.54.